The van der Waals surface area contributed by atoms with Gasteiger partial charge in [0.25, 0.3) is 0 Å². The van der Waals surface area contributed by atoms with Crippen LogP contribution in [0, 0.1) is 5.41 Å². The first kappa shape index (κ1) is 8.13. The van der Waals surface area contributed by atoms with Crippen molar-refractivity contribution in [1.29, 1.82) is 0 Å². The molecule has 0 spiro atoms. The van der Waals surface area contributed by atoms with Crippen LogP contribution in [-0.2, 0) is 6.42 Å². The Balaban J connectivity index is 2.04. The van der Waals surface area contributed by atoms with Crippen molar-refractivity contribution >= 4 is 11.5 Å². The van der Waals surface area contributed by atoms with Gasteiger partial charge in [0.2, 0.25) is 0 Å². The first-order valence-corrected chi connectivity index (χ1v) is 4.95. The van der Waals surface area contributed by atoms with Crippen LogP contribution in [0.5, 0.6) is 0 Å². The number of rotatable bonds is 3. The second-order valence-corrected chi connectivity index (χ2v) is 4.47. The van der Waals surface area contributed by atoms with Crippen molar-refractivity contribution in [3.8, 4) is 0 Å². The van der Waals surface area contributed by atoms with Crippen molar-refractivity contribution in [3.05, 3.63) is 11.1 Å². The molecule has 1 unspecified atom stereocenters. The molecule has 0 bridgehead atoms. The summed E-state index contributed by atoms with van der Waals surface area (Å²) in [5.74, 6) is 0. The highest BCUT2D eigenvalue weighted by molar-refractivity contribution is 7.05. The second-order valence-electron chi connectivity index (χ2n) is 3.60. The van der Waals surface area contributed by atoms with E-state index in [9.17, 15) is 5.11 Å². The van der Waals surface area contributed by atoms with Crippen LogP contribution in [0.15, 0.2) is 6.20 Å². The van der Waals surface area contributed by atoms with E-state index in [2.05, 4.69) is 9.59 Å². The molecule has 1 aromatic rings. The van der Waals surface area contributed by atoms with E-state index in [4.69, 9.17) is 0 Å². The second kappa shape index (κ2) is 2.78. The topological polar surface area (TPSA) is 46.0 Å². The molecule has 0 radical (unpaired) electrons. The molecule has 1 saturated carbocycles. The Labute approximate surface area is 75.6 Å². The van der Waals surface area contributed by atoms with Crippen molar-refractivity contribution in [1.82, 2.24) is 9.59 Å². The summed E-state index contributed by atoms with van der Waals surface area (Å²) >= 11 is 1.43. The molecular weight excluding hydrogens is 172 g/mol. The highest BCUT2D eigenvalue weighted by Crippen LogP contribution is 2.51. The lowest BCUT2D eigenvalue weighted by atomic mass is 9.96. The van der Waals surface area contributed by atoms with Crippen molar-refractivity contribution in [2.45, 2.75) is 32.3 Å². The highest BCUT2D eigenvalue weighted by atomic mass is 32.1. The number of aromatic nitrogens is 2. The Morgan fingerprint density at radius 1 is 1.75 bits per heavy atom. The molecule has 1 aliphatic carbocycles. The van der Waals surface area contributed by atoms with Gasteiger partial charge in [-0.05, 0) is 37.7 Å². The van der Waals surface area contributed by atoms with Crippen LogP contribution in [0.4, 0.5) is 0 Å². The van der Waals surface area contributed by atoms with Crippen LogP contribution in [0.25, 0.3) is 0 Å². The van der Waals surface area contributed by atoms with Gasteiger partial charge in [0.15, 0.2) is 0 Å². The Hall–Kier alpha value is -0.480. The average Bonchev–Trinajstić information content (AvgIpc) is 2.60. The van der Waals surface area contributed by atoms with Gasteiger partial charge >= 0.3 is 0 Å². The van der Waals surface area contributed by atoms with E-state index in [0.717, 1.165) is 19.3 Å². The van der Waals surface area contributed by atoms with Gasteiger partial charge in [-0.25, -0.2) is 0 Å². The Morgan fingerprint density at radius 3 is 2.92 bits per heavy atom. The van der Waals surface area contributed by atoms with E-state index in [1.165, 1.54) is 16.4 Å². The number of nitrogens with zero attached hydrogens (tertiary/aromatic N) is 2. The predicted octanol–water partition coefficient (Wildman–Crippen LogP) is 1.24. The van der Waals surface area contributed by atoms with Crippen LogP contribution in [0.3, 0.4) is 0 Å². The normalized spacial score (nSPS) is 22.2. The summed E-state index contributed by atoms with van der Waals surface area (Å²) in [6.45, 7) is 1.88. The van der Waals surface area contributed by atoms with Gasteiger partial charge in [-0.2, -0.15) is 0 Å². The van der Waals surface area contributed by atoms with Gasteiger partial charge in [-0.3, -0.25) is 0 Å². The molecule has 0 aliphatic heterocycles. The van der Waals surface area contributed by atoms with Crippen LogP contribution in [0.2, 0.25) is 0 Å². The first-order chi connectivity index (χ1) is 5.73. The lowest BCUT2D eigenvalue weighted by Crippen LogP contribution is -2.19. The summed E-state index contributed by atoms with van der Waals surface area (Å²) in [4.78, 5) is 1.19. The summed E-state index contributed by atoms with van der Waals surface area (Å²) in [6.07, 6.45) is 4.83. The van der Waals surface area contributed by atoms with Gasteiger partial charge in [-0.15, -0.1) is 5.10 Å². The molecule has 0 aromatic carbocycles. The largest absolute Gasteiger partial charge is 0.393 e. The molecule has 1 aromatic heterocycles. The first-order valence-electron chi connectivity index (χ1n) is 4.17. The summed E-state index contributed by atoms with van der Waals surface area (Å²) < 4.78 is 3.80. The number of aliphatic hydroxyl groups is 1. The lowest BCUT2D eigenvalue weighted by Gasteiger charge is -2.16. The molecule has 1 N–H and O–H groups in total. The standard InChI is InChI=1S/C8H12N2OS/c1-6(11)8(2-3-8)4-7-5-9-10-12-7/h5-6,11H,2-4H2,1H3. The molecule has 1 aliphatic rings. The molecule has 12 heavy (non-hydrogen) atoms. The zero-order valence-electron chi connectivity index (χ0n) is 7.03. The maximum Gasteiger partial charge on any atom is 0.0653 e. The fraction of sp³-hybridized carbons (Fsp3) is 0.750. The van der Waals surface area contributed by atoms with Crippen LogP contribution >= 0.6 is 11.5 Å². The quantitative estimate of drug-likeness (QED) is 0.768. The van der Waals surface area contributed by atoms with Gasteiger partial charge in [0, 0.05) is 10.3 Å². The number of aliphatic hydroxyl groups excluding tert-OH is 1. The van der Waals surface area contributed by atoms with Crippen molar-refractivity contribution < 1.29 is 5.11 Å². The fourth-order valence-electron chi connectivity index (χ4n) is 1.52. The molecule has 1 heterocycles. The van der Waals surface area contributed by atoms with Gasteiger partial charge in [-0.1, -0.05) is 4.49 Å². The Bertz CT molecular complexity index is 254. The minimum atomic E-state index is -0.195. The SMILES string of the molecule is CC(O)C1(Cc2cnns2)CC1. The minimum absolute atomic E-state index is 0.161. The molecule has 66 valence electrons. The zero-order valence-corrected chi connectivity index (χ0v) is 7.84. The highest BCUT2D eigenvalue weighted by Gasteiger charge is 2.46. The Morgan fingerprint density at radius 2 is 2.50 bits per heavy atom. The van der Waals surface area contributed by atoms with Crippen LogP contribution in [-0.4, -0.2) is 20.8 Å². The number of hydrogen-bond donors (Lipinski definition) is 1. The average molecular weight is 184 g/mol. The Kier molecular flexibility index (Phi) is 1.88. The molecule has 2 rings (SSSR count). The molecule has 3 nitrogen and oxygen atoms in total. The van der Waals surface area contributed by atoms with Crippen LogP contribution in [0.1, 0.15) is 24.6 Å². The molecule has 0 saturated heterocycles. The van der Waals surface area contributed by atoms with E-state index in [0.29, 0.717) is 0 Å². The van der Waals surface area contributed by atoms with Crippen molar-refractivity contribution in [2.24, 2.45) is 5.41 Å². The summed E-state index contributed by atoms with van der Waals surface area (Å²) in [5, 5.41) is 13.3. The third kappa shape index (κ3) is 1.36. The summed E-state index contributed by atoms with van der Waals surface area (Å²) in [7, 11) is 0. The molecule has 0 amide bonds. The van der Waals surface area contributed by atoms with E-state index in [1.54, 1.807) is 6.20 Å². The van der Waals surface area contributed by atoms with Crippen LogP contribution < -0.4 is 0 Å². The lowest BCUT2D eigenvalue weighted by molar-refractivity contribution is 0.111. The maximum atomic E-state index is 9.51. The maximum absolute atomic E-state index is 9.51. The monoisotopic (exact) mass is 184 g/mol. The predicted molar refractivity (Wildman–Crippen MR) is 47.0 cm³/mol. The molecule has 1 fully saturated rings. The molecule has 1 atom stereocenters. The number of hydrogen-bond acceptors (Lipinski definition) is 4. The van der Waals surface area contributed by atoms with Gasteiger partial charge < -0.3 is 5.11 Å². The molecule has 4 heteroatoms. The summed E-state index contributed by atoms with van der Waals surface area (Å²) in [6, 6.07) is 0. The third-order valence-electron chi connectivity index (χ3n) is 2.71. The smallest absolute Gasteiger partial charge is 0.0653 e. The van der Waals surface area contributed by atoms with Gasteiger partial charge in [0.1, 0.15) is 0 Å². The van der Waals surface area contributed by atoms with E-state index in [1.807, 2.05) is 6.92 Å². The summed E-state index contributed by atoms with van der Waals surface area (Å²) in [5.41, 5.74) is 0.161. The minimum Gasteiger partial charge on any atom is -0.393 e. The third-order valence-corrected chi connectivity index (χ3v) is 3.37. The van der Waals surface area contributed by atoms with Gasteiger partial charge in [0.05, 0.1) is 12.3 Å². The fourth-order valence-corrected chi connectivity index (χ4v) is 2.16. The van der Waals surface area contributed by atoms with E-state index >= 15 is 0 Å². The van der Waals surface area contributed by atoms with Crippen molar-refractivity contribution in [2.75, 3.05) is 0 Å². The zero-order chi connectivity index (χ0) is 8.60. The van der Waals surface area contributed by atoms with E-state index < -0.39 is 0 Å². The van der Waals surface area contributed by atoms with Crippen molar-refractivity contribution in [3.63, 3.8) is 0 Å². The van der Waals surface area contributed by atoms with E-state index in [-0.39, 0.29) is 11.5 Å². The molecular formula is C8H12N2OS.